The molecule has 0 unspecified atom stereocenters. The van der Waals surface area contributed by atoms with Crippen molar-refractivity contribution in [2.75, 3.05) is 4.72 Å². The number of anilines is 1. The maximum Gasteiger partial charge on any atom is 0.296 e. The van der Waals surface area contributed by atoms with E-state index >= 15 is 0 Å². The first-order valence-corrected chi connectivity index (χ1v) is 8.10. The van der Waals surface area contributed by atoms with Gasteiger partial charge in [-0.15, -0.1) is 0 Å². The minimum absolute atomic E-state index is 0.0646. The highest BCUT2D eigenvalue weighted by atomic mass is 35.5. The Morgan fingerprint density at radius 1 is 1.17 bits per heavy atom. The Morgan fingerprint density at radius 2 is 1.67 bits per heavy atom. The van der Waals surface area contributed by atoms with Gasteiger partial charge in [0, 0.05) is 0 Å². The number of sulfonamides is 1. The molecule has 7 nitrogen and oxygen atoms in total. The average molecular weight is 334 g/mol. The molecule has 0 aliphatic carbocycles. The monoisotopic (exact) mass is 333 g/mol. The predicted octanol–water partition coefficient (Wildman–Crippen LogP) is 0.565. The van der Waals surface area contributed by atoms with Crippen molar-refractivity contribution in [3.8, 4) is 0 Å². The number of nitrogens with one attached hydrogen (secondary N) is 1. The van der Waals surface area contributed by atoms with E-state index in [0.717, 1.165) is 6.07 Å². The van der Waals surface area contributed by atoms with E-state index in [1.54, 1.807) is 0 Å². The fraction of sp³-hybridized carbons (Fsp3) is 0.143. The molecule has 0 aromatic heterocycles. The lowest BCUT2D eigenvalue weighted by Gasteiger charge is -2.13. The molecule has 0 fully saturated rings. The lowest BCUT2D eigenvalue weighted by molar-refractivity contribution is 0.597. The number of hydrogen-bond acceptors (Lipinski definition) is 4. The largest absolute Gasteiger partial charge is 0.296 e. The lowest BCUT2D eigenvalue weighted by Crippen LogP contribution is -2.22. The van der Waals surface area contributed by atoms with Crippen LogP contribution in [0.4, 0.5) is 5.69 Å². The molecule has 5 N–H and O–H groups in total. The van der Waals surface area contributed by atoms with Crippen LogP contribution in [0.1, 0.15) is 5.56 Å². The fourth-order valence-electron chi connectivity index (χ4n) is 1.23. The highest BCUT2D eigenvalue weighted by Gasteiger charge is 2.21. The van der Waals surface area contributed by atoms with Crippen molar-refractivity contribution >= 4 is 49.1 Å². The minimum Gasteiger partial charge on any atom is -0.268 e. The van der Waals surface area contributed by atoms with Crippen LogP contribution in [-0.2, 0) is 20.2 Å². The first-order chi connectivity index (χ1) is 7.93. The Balaban J connectivity index is 3.58. The van der Waals surface area contributed by atoms with Gasteiger partial charge in [-0.25, -0.2) is 18.7 Å². The molecule has 11 heteroatoms. The molecule has 1 aromatic rings. The zero-order valence-corrected chi connectivity index (χ0v) is 12.1. The van der Waals surface area contributed by atoms with Crippen molar-refractivity contribution in [3.63, 3.8) is 0 Å². The third-order valence-electron chi connectivity index (χ3n) is 1.97. The van der Waals surface area contributed by atoms with E-state index in [9.17, 15) is 16.8 Å². The molecular formula is C7H9Cl2N3O4S2. The molecular weight excluding hydrogens is 325 g/mol. The van der Waals surface area contributed by atoms with Crippen LogP contribution >= 0.6 is 23.2 Å². The van der Waals surface area contributed by atoms with E-state index in [2.05, 4.69) is 0 Å². The van der Waals surface area contributed by atoms with Crippen LogP contribution in [-0.4, -0.2) is 16.8 Å². The van der Waals surface area contributed by atoms with Gasteiger partial charge in [0.25, 0.3) is 10.2 Å². The number of benzene rings is 1. The predicted molar refractivity (Wildman–Crippen MR) is 69.3 cm³/mol. The third kappa shape index (κ3) is 3.46. The molecule has 0 saturated carbocycles. The van der Waals surface area contributed by atoms with E-state index in [0.29, 0.717) is 0 Å². The summed E-state index contributed by atoms with van der Waals surface area (Å²) in [5.41, 5.74) is -0.138. The van der Waals surface area contributed by atoms with Gasteiger partial charge in [-0.1, -0.05) is 23.2 Å². The normalized spacial score (nSPS) is 12.5. The average Bonchev–Trinajstić information content (AvgIpc) is 2.15. The van der Waals surface area contributed by atoms with Gasteiger partial charge in [-0.05, 0) is 18.6 Å². The SMILES string of the molecule is Cc1c(S(N)(=O)=O)cc(Cl)c(NS(N)(=O)=O)c1Cl. The van der Waals surface area contributed by atoms with Crippen LogP contribution < -0.4 is 15.0 Å². The summed E-state index contributed by atoms with van der Waals surface area (Å²) in [6.07, 6.45) is 0. The number of primary sulfonamides is 1. The first kappa shape index (κ1) is 15.5. The Hall–Kier alpha value is -0.580. The highest BCUT2D eigenvalue weighted by Crippen LogP contribution is 2.37. The maximum atomic E-state index is 11.3. The Bertz CT molecular complexity index is 700. The quantitative estimate of drug-likeness (QED) is 0.745. The van der Waals surface area contributed by atoms with Gasteiger partial charge >= 0.3 is 0 Å². The Kier molecular flexibility index (Phi) is 4.16. The Morgan fingerprint density at radius 3 is 2.06 bits per heavy atom. The second kappa shape index (κ2) is 4.83. The van der Waals surface area contributed by atoms with Crippen molar-refractivity contribution < 1.29 is 16.8 Å². The van der Waals surface area contributed by atoms with Crippen molar-refractivity contribution in [2.24, 2.45) is 10.3 Å². The van der Waals surface area contributed by atoms with Crippen LogP contribution in [0.5, 0.6) is 0 Å². The fourth-order valence-corrected chi connectivity index (χ4v) is 3.32. The second-order valence-corrected chi connectivity index (χ2v) is 6.97. The molecule has 1 rings (SSSR count). The van der Waals surface area contributed by atoms with Gasteiger partial charge < -0.3 is 0 Å². The van der Waals surface area contributed by atoms with Gasteiger partial charge in [0.1, 0.15) is 0 Å². The minimum atomic E-state index is -4.09. The van der Waals surface area contributed by atoms with Crippen LogP contribution in [0.25, 0.3) is 0 Å². The van der Waals surface area contributed by atoms with Gasteiger partial charge in [0.05, 0.1) is 20.6 Å². The van der Waals surface area contributed by atoms with E-state index in [1.165, 1.54) is 6.92 Å². The molecule has 0 atom stereocenters. The highest BCUT2D eigenvalue weighted by molar-refractivity contribution is 7.90. The molecule has 0 amide bonds. The molecule has 18 heavy (non-hydrogen) atoms. The van der Waals surface area contributed by atoms with Crippen LogP contribution in [0.2, 0.25) is 10.0 Å². The summed E-state index contributed by atoms with van der Waals surface area (Å²) in [6, 6.07) is 0.992. The van der Waals surface area contributed by atoms with Crippen LogP contribution in [0.15, 0.2) is 11.0 Å². The standard InChI is InChI=1S/C7H9Cl2N3O4S2/c1-3-5(17(10,13)14)2-4(8)7(6(3)9)12-18(11,15)16/h2,12H,1H3,(H2,10,13,14)(H2,11,15,16). The molecule has 0 saturated heterocycles. The van der Waals surface area contributed by atoms with E-state index in [-0.39, 0.29) is 26.2 Å². The molecule has 1 aromatic carbocycles. The smallest absolute Gasteiger partial charge is 0.268 e. The van der Waals surface area contributed by atoms with Crippen molar-refractivity contribution in [2.45, 2.75) is 11.8 Å². The van der Waals surface area contributed by atoms with Crippen molar-refractivity contribution in [1.82, 2.24) is 0 Å². The van der Waals surface area contributed by atoms with Crippen molar-refractivity contribution in [3.05, 3.63) is 21.7 Å². The molecule has 0 radical (unpaired) electrons. The molecule has 0 spiro atoms. The van der Waals surface area contributed by atoms with E-state index in [1.807, 2.05) is 4.72 Å². The summed E-state index contributed by atoms with van der Waals surface area (Å²) in [5, 5.41) is 9.32. The third-order valence-corrected chi connectivity index (χ3v) is 4.26. The lowest BCUT2D eigenvalue weighted by atomic mass is 10.2. The topological polar surface area (TPSA) is 132 Å². The zero-order valence-electron chi connectivity index (χ0n) is 8.94. The summed E-state index contributed by atoms with van der Waals surface area (Å²) in [6.45, 7) is 1.35. The van der Waals surface area contributed by atoms with E-state index in [4.69, 9.17) is 33.5 Å². The zero-order chi connectivity index (χ0) is 14.3. The first-order valence-electron chi connectivity index (χ1n) is 4.25. The van der Waals surface area contributed by atoms with Crippen LogP contribution in [0.3, 0.4) is 0 Å². The van der Waals surface area contributed by atoms with E-state index < -0.39 is 20.2 Å². The molecule has 0 heterocycles. The van der Waals surface area contributed by atoms with Gasteiger partial charge in [0.2, 0.25) is 10.0 Å². The molecule has 0 aliphatic heterocycles. The number of rotatable bonds is 3. The molecule has 0 aliphatic rings. The van der Waals surface area contributed by atoms with Gasteiger partial charge in [0.15, 0.2) is 0 Å². The summed E-state index contributed by atoms with van der Waals surface area (Å²) in [7, 11) is -8.10. The summed E-state index contributed by atoms with van der Waals surface area (Å²) < 4.78 is 46.2. The molecule has 102 valence electrons. The van der Waals surface area contributed by atoms with Gasteiger partial charge in [-0.2, -0.15) is 8.42 Å². The van der Waals surface area contributed by atoms with Crippen molar-refractivity contribution in [1.29, 1.82) is 0 Å². The number of nitrogens with two attached hydrogens (primary N) is 2. The summed E-state index contributed by atoms with van der Waals surface area (Å²) in [4.78, 5) is -0.294. The summed E-state index contributed by atoms with van der Waals surface area (Å²) >= 11 is 11.6. The summed E-state index contributed by atoms with van der Waals surface area (Å²) in [5.74, 6) is 0. The Labute approximate surface area is 114 Å². The van der Waals surface area contributed by atoms with Crippen LogP contribution in [0, 0.1) is 6.92 Å². The number of halogens is 2. The maximum absolute atomic E-state index is 11.3. The number of hydrogen-bond donors (Lipinski definition) is 3. The van der Waals surface area contributed by atoms with Gasteiger partial charge in [-0.3, -0.25) is 4.72 Å². The molecule has 0 bridgehead atoms. The second-order valence-electron chi connectivity index (χ2n) is 3.36.